The Morgan fingerprint density at radius 2 is 2.16 bits per heavy atom. The number of benzene rings is 1. The molecule has 1 fully saturated rings. The van der Waals surface area contributed by atoms with Gasteiger partial charge in [0.1, 0.15) is 4.83 Å². The molecule has 2 atom stereocenters. The van der Waals surface area contributed by atoms with E-state index in [0.29, 0.717) is 23.8 Å². The van der Waals surface area contributed by atoms with Gasteiger partial charge < -0.3 is 4.74 Å². The van der Waals surface area contributed by atoms with Gasteiger partial charge in [-0.15, -0.1) is 11.3 Å². The predicted octanol–water partition coefficient (Wildman–Crippen LogP) is 4.93. The molecule has 1 aliphatic heterocycles. The molecular weight excluding hydrogens is 426 g/mol. The van der Waals surface area contributed by atoms with Crippen molar-refractivity contribution < 1.29 is 4.74 Å². The predicted molar refractivity (Wildman–Crippen MR) is 125 cm³/mol. The summed E-state index contributed by atoms with van der Waals surface area (Å²) in [6.45, 7) is 3.63. The fraction of sp³-hybridized carbons (Fsp3) is 0.458. The molecule has 2 unspecified atom stereocenters. The number of ether oxygens (including phenoxy) is 1. The van der Waals surface area contributed by atoms with Crippen molar-refractivity contribution in [2.24, 2.45) is 5.92 Å². The Balaban J connectivity index is 1.52. The average molecular weight is 452 g/mol. The first-order valence-electron chi connectivity index (χ1n) is 10.9. The number of nitriles is 1. The summed E-state index contributed by atoms with van der Waals surface area (Å²) in [7, 11) is 0. The standard InChI is InChI=1S/C24H25N3O2S2/c1-15-4-9-19-20(11-15)31-22-21(19)23(28)27(13-18-3-2-10-29-18)24(26-22)30-14-17-7-5-16(12-25)6-8-17/h5-8,15,18H,2-4,9-11,13-14H2,1H3. The summed E-state index contributed by atoms with van der Waals surface area (Å²) >= 11 is 3.30. The summed E-state index contributed by atoms with van der Waals surface area (Å²) in [5.41, 5.74) is 3.10. The molecule has 0 saturated carbocycles. The molecular formula is C24H25N3O2S2. The Morgan fingerprint density at radius 1 is 1.32 bits per heavy atom. The fourth-order valence-corrected chi connectivity index (χ4v) is 6.88. The van der Waals surface area contributed by atoms with Crippen molar-refractivity contribution in [2.45, 2.75) is 62.6 Å². The van der Waals surface area contributed by atoms with Crippen LogP contribution in [0.15, 0.2) is 34.2 Å². The fourth-order valence-electron chi connectivity index (χ4n) is 4.49. The highest BCUT2D eigenvalue weighted by Gasteiger charge is 2.26. The maximum Gasteiger partial charge on any atom is 0.263 e. The third-order valence-electron chi connectivity index (χ3n) is 6.24. The van der Waals surface area contributed by atoms with Crippen LogP contribution in [0.4, 0.5) is 0 Å². The highest BCUT2D eigenvalue weighted by molar-refractivity contribution is 7.98. The van der Waals surface area contributed by atoms with Crippen LogP contribution < -0.4 is 5.56 Å². The van der Waals surface area contributed by atoms with E-state index in [1.54, 1.807) is 23.1 Å². The average Bonchev–Trinajstić information content (AvgIpc) is 3.42. The lowest BCUT2D eigenvalue weighted by atomic mass is 9.89. The molecule has 5 nitrogen and oxygen atoms in total. The number of aryl methyl sites for hydroxylation is 1. The van der Waals surface area contributed by atoms with Gasteiger partial charge in [-0.25, -0.2) is 4.98 Å². The second-order valence-corrected chi connectivity index (χ2v) is 10.6. The third kappa shape index (κ3) is 4.17. The van der Waals surface area contributed by atoms with Gasteiger partial charge in [-0.05, 0) is 61.3 Å². The first-order chi connectivity index (χ1) is 15.1. The van der Waals surface area contributed by atoms with E-state index in [1.807, 2.05) is 28.8 Å². The van der Waals surface area contributed by atoms with Crippen LogP contribution in [-0.4, -0.2) is 22.3 Å². The number of hydrogen-bond acceptors (Lipinski definition) is 6. The van der Waals surface area contributed by atoms with Crippen LogP contribution >= 0.6 is 23.1 Å². The second-order valence-electron chi connectivity index (χ2n) is 8.57. The zero-order valence-electron chi connectivity index (χ0n) is 17.6. The van der Waals surface area contributed by atoms with Crippen LogP contribution in [0.1, 0.15) is 47.8 Å². The van der Waals surface area contributed by atoms with Crippen LogP contribution in [0.25, 0.3) is 10.2 Å². The molecule has 7 heteroatoms. The van der Waals surface area contributed by atoms with Crippen molar-refractivity contribution in [3.05, 3.63) is 56.2 Å². The number of aromatic nitrogens is 2. The van der Waals surface area contributed by atoms with E-state index in [1.165, 1.54) is 10.4 Å². The lowest BCUT2D eigenvalue weighted by molar-refractivity contribution is 0.0937. The van der Waals surface area contributed by atoms with E-state index in [2.05, 4.69) is 13.0 Å². The molecule has 0 spiro atoms. The van der Waals surface area contributed by atoms with Gasteiger partial charge in [0.15, 0.2) is 5.16 Å². The quantitative estimate of drug-likeness (QED) is 0.407. The number of hydrogen-bond donors (Lipinski definition) is 0. The number of rotatable bonds is 5. The van der Waals surface area contributed by atoms with Gasteiger partial charge in [0, 0.05) is 17.2 Å². The molecule has 0 bridgehead atoms. The topological polar surface area (TPSA) is 67.9 Å². The second kappa shape index (κ2) is 8.78. The van der Waals surface area contributed by atoms with Crippen molar-refractivity contribution in [3.63, 3.8) is 0 Å². The molecule has 1 aromatic carbocycles. The highest BCUT2D eigenvalue weighted by Crippen LogP contribution is 2.37. The van der Waals surface area contributed by atoms with Crippen LogP contribution in [0.3, 0.4) is 0 Å². The molecule has 0 radical (unpaired) electrons. The summed E-state index contributed by atoms with van der Waals surface area (Å²) in [4.78, 5) is 20.9. The summed E-state index contributed by atoms with van der Waals surface area (Å²) < 4.78 is 7.71. The van der Waals surface area contributed by atoms with Gasteiger partial charge in [0.05, 0.1) is 29.7 Å². The number of thiophene rings is 1. The van der Waals surface area contributed by atoms with E-state index in [0.717, 1.165) is 59.6 Å². The summed E-state index contributed by atoms with van der Waals surface area (Å²) in [5.74, 6) is 1.37. The molecule has 3 heterocycles. The van der Waals surface area contributed by atoms with Crippen LogP contribution in [-0.2, 0) is 29.9 Å². The Morgan fingerprint density at radius 3 is 2.90 bits per heavy atom. The molecule has 31 heavy (non-hydrogen) atoms. The Bertz CT molecular complexity index is 1200. The zero-order valence-corrected chi connectivity index (χ0v) is 19.2. The molecule has 1 saturated heterocycles. The summed E-state index contributed by atoms with van der Waals surface area (Å²) in [6, 6.07) is 9.76. The third-order valence-corrected chi connectivity index (χ3v) is 8.44. The van der Waals surface area contributed by atoms with Crippen LogP contribution in [0.5, 0.6) is 0 Å². The van der Waals surface area contributed by atoms with Gasteiger partial charge in [0.25, 0.3) is 5.56 Å². The molecule has 3 aromatic rings. The van der Waals surface area contributed by atoms with Crippen LogP contribution in [0, 0.1) is 17.2 Å². The van der Waals surface area contributed by atoms with Crippen LogP contribution in [0.2, 0.25) is 0 Å². The summed E-state index contributed by atoms with van der Waals surface area (Å²) in [5, 5.41) is 10.6. The van der Waals surface area contributed by atoms with Crippen molar-refractivity contribution in [2.75, 3.05) is 6.61 Å². The maximum absolute atomic E-state index is 13.7. The maximum atomic E-state index is 13.7. The van der Waals surface area contributed by atoms with Crippen molar-refractivity contribution in [3.8, 4) is 6.07 Å². The summed E-state index contributed by atoms with van der Waals surface area (Å²) in [6.07, 6.45) is 5.29. The number of fused-ring (bicyclic) bond motifs is 3. The molecule has 160 valence electrons. The van der Waals surface area contributed by atoms with Gasteiger partial charge in [-0.1, -0.05) is 30.8 Å². The van der Waals surface area contributed by atoms with E-state index >= 15 is 0 Å². The van der Waals surface area contributed by atoms with Gasteiger partial charge in [-0.3, -0.25) is 9.36 Å². The molecule has 1 aliphatic carbocycles. The molecule has 0 N–H and O–H groups in total. The molecule has 0 amide bonds. The lowest BCUT2D eigenvalue weighted by Gasteiger charge is -2.18. The van der Waals surface area contributed by atoms with E-state index < -0.39 is 0 Å². The lowest BCUT2D eigenvalue weighted by Crippen LogP contribution is -2.29. The monoisotopic (exact) mass is 451 g/mol. The van der Waals surface area contributed by atoms with E-state index in [9.17, 15) is 4.79 Å². The van der Waals surface area contributed by atoms with Crippen molar-refractivity contribution in [1.29, 1.82) is 5.26 Å². The number of thioether (sulfide) groups is 1. The van der Waals surface area contributed by atoms with Gasteiger partial charge in [-0.2, -0.15) is 5.26 Å². The first kappa shape index (κ1) is 20.7. The van der Waals surface area contributed by atoms with Crippen molar-refractivity contribution >= 4 is 33.3 Å². The van der Waals surface area contributed by atoms with Gasteiger partial charge in [0.2, 0.25) is 0 Å². The highest BCUT2D eigenvalue weighted by atomic mass is 32.2. The number of nitrogens with zero attached hydrogens (tertiary/aromatic N) is 3. The Labute approximate surface area is 190 Å². The Kier molecular flexibility index (Phi) is 5.87. The Hall–Kier alpha value is -2.14. The largest absolute Gasteiger partial charge is 0.376 e. The van der Waals surface area contributed by atoms with E-state index in [4.69, 9.17) is 15.0 Å². The SMILES string of the molecule is CC1CCc2c(sc3nc(SCc4ccc(C#N)cc4)n(CC4CCCO4)c(=O)c23)C1. The minimum atomic E-state index is 0.0840. The molecule has 2 aliphatic rings. The smallest absolute Gasteiger partial charge is 0.263 e. The first-order valence-corrected chi connectivity index (χ1v) is 12.7. The van der Waals surface area contributed by atoms with Crippen molar-refractivity contribution in [1.82, 2.24) is 9.55 Å². The van der Waals surface area contributed by atoms with E-state index in [-0.39, 0.29) is 11.7 Å². The normalized spacial score (nSPS) is 20.6. The molecule has 2 aromatic heterocycles. The zero-order chi connectivity index (χ0) is 21.4. The minimum Gasteiger partial charge on any atom is -0.376 e. The van der Waals surface area contributed by atoms with Gasteiger partial charge >= 0.3 is 0 Å². The molecule has 5 rings (SSSR count). The minimum absolute atomic E-state index is 0.0840.